The fraction of sp³-hybridized carbons (Fsp3) is 0.176. The number of benzene rings is 4. The van der Waals surface area contributed by atoms with Gasteiger partial charge in [0.1, 0.15) is 23.0 Å². The standard InChI is InChI=1S/C34H34O4/c1-5-37-33-21-13-9-17-29(33)26(30-18-10-14-22-34(30)38-6-2)24-23-25(27-15-7-11-19-31(27)35-3)28-16-8-12-20-32(28)36-4/h7-24H,5-6H2,1-4H3. The first-order chi connectivity index (χ1) is 18.7. The molecule has 0 aromatic heterocycles. The first-order valence-corrected chi connectivity index (χ1v) is 12.8. The molecular formula is C34H34O4. The van der Waals surface area contributed by atoms with E-state index in [0.717, 1.165) is 56.4 Å². The van der Waals surface area contributed by atoms with Crippen LogP contribution >= 0.6 is 0 Å². The van der Waals surface area contributed by atoms with Crippen LogP contribution < -0.4 is 18.9 Å². The molecular weight excluding hydrogens is 472 g/mol. The highest BCUT2D eigenvalue weighted by molar-refractivity contribution is 5.91. The van der Waals surface area contributed by atoms with Crippen LogP contribution in [0.3, 0.4) is 0 Å². The Kier molecular flexibility index (Phi) is 9.25. The lowest BCUT2D eigenvalue weighted by Crippen LogP contribution is -2.00. The molecule has 4 heteroatoms. The van der Waals surface area contributed by atoms with Crippen molar-refractivity contribution in [3.63, 3.8) is 0 Å². The molecule has 0 atom stereocenters. The second-order valence-corrected chi connectivity index (χ2v) is 8.42. The fourth-order valence-corrected chi connectivity index (χ4v) is 4.49. The predicted molar refractivity (Wildman–Crippen MR) is 155 cm³/mol. The van der Waals surface area contributed by atoms with Gasteiger partial charge >= 0.3 is 0 Å². The van der Waals surface area contributed by atoms with E-state index >= 15 is 0 Å². The minimum Gasteiger partial charge on any atom is -0.496 e. The van der Waals surface area contributed by atoms with E-state index in [1.165, 1.54) is 0 Å². The molecule has 0 unspecified atom stereocenters. The number of para-hydroxylation sites is 4. The Labute approximate surface area is 225 Å². The summed E-state index contributed by atoms with van der Waals surface area (Å²) >= 11 is 0. The number of rotatable bonds is 11. The van der Waals surface area contributed by atoms with Gasteiger partial charge in [-0.05, 0) is 49.3 Å². The molecule has 0 bridgehead atoms. The molecule has 0 saturated heterocycles. The summed E-state index contributed by atoms with van der Waals surface area (Å²) in [7, 11) is 3.38. The van der Waals surface area contributed by atoms with E-state index < -0.39 is 0 Å². The molecule has 38 heavy (non-hydrogen) atoms. The molecule has 4 nitrogen and oxygen atoms in total. The SMILES string of the molecule is CCOc1ccccc1C(=CC=C(c1ccccc1OC)c1ccccc1OC)c1ccccc1OCC. The van der Waals surface area contributed by atoms with Crippen LogP contribution in [0.4, 0.5) is 0 Å². The zero-order valence-corrected chi connectivity index (χ0v) is 22.4. The summed E-state index contributed by atoms with van der Waals surface area (Å²) in [6.07, 6.45) is 4.25. The van der Waals surface area contributed by atoms with E-state index in [2.05, 4.69) is 36.4 Å². The van der Waals surface area contributed by atoms with Gasteiger partial charge in [0.2, 0.25) is 0 Å². The summed E-state index contributed by atoms with van der Waals surface area (Å²) in [4.78, 5) is 0. The Balaban J connectivity index is 2.03. The first-order valence-electron chi connectivity index (χ1n) is 12.8. The second-order valence-electron chi connectivity index (χ2n) is 8.42. The van der Waals surface area contributed by atoms with E-state index in [0.29, 0.717) is 13.2 Å². The quantitative estimate of drug-likeness (QED) is 0.193. The van der Waals surface area contributed by atoms with Crippen molar-refractivity contribution in [1.29, 1.82) is 0 Å². The van der Waals surface area contributed by atoms with Crippen LogP contribution in [-0.4, -0.2) is 27.4 Å². The van der Waals surface area contributed by atoms with Gasteiger partial charge in [0.05, 0.1) is 27.4 Å². The molecule has 0 aliphatic rings. The highest BCUT2D eigenvalue weighted by Gasteiger charge is 2.17. The molecule has 194 valence electrons. The van der Waals surface area contributed by atoms with E-state index in [-0.39, 0.29) is 0 Å². The highest BCUT2D eigenvalue weighted by atomic mass is 16.5. The van der Waals surface area contributed by atoms with Crippen LogP contribution in [0.25, 0.3) is 11.1 Å². The van der Waals surface area contributed by atoms with Crippen molar-refractivity contribution in [2.75, 3.05) is 27.4 Å². The predicted octanol–water partition coefficient (Wildman–Crippen LogP) is 8.06. The Morgan fingerprint density at radius 3 is 1.08 bits per heavy atom. The van der Waals surface area contributed by atoms with Crippen LogP contribution in [0.15, 0.2) is 109 Å². The average Bonchev–Trinajstić information content (AvgIpc) is 2.97. The molecule has 0 spiro atoms. The maximum atomic E-state index is 6.05. The number of methoxy groups -OCH3 is 2. The fourth-order valence-electron chi connectivity index (χ4n) is 4.49. The maximum absolute atomic E-state index is 6.05. The van der Waals surface area contributed by atoms with E-state index in [9.17, 15) is 0 Å². The van der Waals surface area contributed by atoms with Crippen molar-refractivity contribution in [3.05, 3.63) is 131 Å². The van der Waals surface area contributed by atoms with Gasteiger partial charge in [-0.3, -0.25) is 0 Å². The van der Waals surface area contributed by atoms with Crippen LogP contribution in [0.5, 0.6) is 23.0 Å². The highest BCUT2D eigenvalue weighted by Crippen LogP contribution is 2.39. The van der Waals surface area contributed by atoms with Gasteiger partial charge in [0.25, 0.3) is 0 Å². The van der Waals surface area contributed by atoms with E-state index in [4.69, 9.17) is 18.9 Å². The molecule has 0 radical (unpaired) electrons. The average molecular weight is 507 g/mol. The first kappa shape index (κ1) is 26.6. The van der Waals surface area contributed by atoms with Gasteiger partial charge in [-0.15, -0.1) is 0 Å². The summed E-state index contributed by atoms with van der Waals surface area (Å²) < 4.78 is 23.6. The zero-order valence-electron chi connectivity index (χ0n) is 22.4. The van der Waals surface area contributed by atoms with Crippen molar-refractivity contribution in [3.8, 4) is 23.0 Å². The second kappa shape index (κ2) is 13.2. The minimum absolute atomic E-state index is 0.570. The van der Waals surface area contributed by atoms with E-state index in [1.807, 2.05) is 86.6 Å². The maximum Gasteiger partial charge on any atom is 0.127 e. The summed E-state index contributed by atoms with van der Waals surface area (Å²) in [6, 6.07) is 32.2. The number of hydrogen-bond donors (Lipinski definition) is 0. The third-order valence-corrected chi connectivity index (χ3v) is 6.17. The number of hydrogen-bond acceptors (Lipinski definition) is 4. The van der Waals surface area contributed by atoms with Crippen LogP contribution in [0.1, 0.15) is 36.1 Å². The molecule has 0 amide bonds. The van der Waals surface area contributed by atoms with Gasteiger partial charge in [0.15, 0.2) is 0 Å². The van der Waals surface area contributed by atoms with Crippen molar-refractivity contribution >= 4 is 11.1 Å². The zero-order chi connectivity index (χ0) is 26.7. The Bertz CT molecular complexity index is 1320. The van der Waals surface area contributed by atoms with Gasteiger partial charge < -0.3 is 18.9 Å². The molecule has 4 aromatic rings. The van der Waals surface area contributed by atoms with Gasteiger partial charge in [0, 0.05) is 22.3 Å². The monoisotopic (exact) mass is 506 g/mol. The molecule has 0 N–H and O–H groups in total. The lowest BCUT2D eigenvalue weighted by molar-refractivity contribution is 0.337. The van der Waals surface area contributed by atoms with Gasteiger partial charge in [-0.1, -0.05) is 84.9 Å². The molecule has 0 aliphatic carbocycles. The molecule has 0 heterocycles. The number of allylic oxidation sites excluding steroid dienone is 2. The van der Waals surface area contributed by atoms with Crippen LogP contribution in [0, 0.1) is 0 Å². The third kappa shape index (κ3) is 5.92. The van der Waals surface area contributed by atoms with Crippen molar-refractivity contribution in [2.45, 2.75) is 13.8 Å². The smallest absolute Gasteiger partial charge is 0.127 e. The summed E-state index contributed by atoms with van der Waals surface area (Å²) in [5, 5.41) is 0. The van der Waals surface area contributed by atoms with E-state index in [1.54, 1.807) is 14.2 Å². The van der Waals surface area contributed by atoms with Crippen molar-refractivity contribution in [1.82, 2.24) is 0 Å². The normalized spacial score (nSPS) is 10.3. The van der Waals surface area contributed by atoms with Crippen molar-refractivity contribution in [2.24, 2.45) is 0 Å². The molecule has 0 saturated carbocycles. The third-order valence-electron chi connectivity index (χ3n) is 6.17. The summed E-state index contributed by atoms with van der Waals surface area (Å²) in [5.41, 5.74) is 5.85. The largest absolute Gasteiger partial charge is 0.496 e. The van der Waals surface area contributed by atoms with Gasteiger partial charge in [-0.25, -0.2) is 0 Å². The topological polar surface area (TPSA) is 36.9 Å². The van der Waals surface area contributed by atoms with Crippen LogP contribution in [-0.2, 0) is 0 Å². The lowest BCUT2D eigenvalue weighted by Gasteiger charge is -2.18. The molecule has 0 aliphatic heterocycles. The molecule has 0 fully saturated rings. The Hall–Kier alpha value is -4.44. The van der Waals surface area contributed by atoms with Crippen LogP contribution in [0.2, 0.25) is 0 Å². The number of ether oxygens (including phenoxy) is 4. The Morgan fingerprint density at radius 2 is 0.763 bits per heavy atom. The lowest BCUT2D eigenvalue weighted by atomic mass is 9.92. The minimum atomic E-state index is 0.570. The van der Waals surface area contributed by atoms with Crippen molar-refractivity contribution < 1.29 is 18.9 Å². The summed E-state index contributed by atoms with van der Waals surface area (Å²) in [6.45, 7) is 5.13. The Morgan fingerprint density at radius 1 is 0.474 bits per heavy atom. The molecule has 4 aromatic carbocycles. The summed E-state index contributed by atoms with van der Waals surface area (Å²) in [5.74, 6) is 3.20. The molecule has 4 rings (SSSR count). The van der Waals surface area contributed by atoms with Gasteiger partial charge in [-0.2, -0.15) is 0 Å².